The highest BCUT2D eigenvalue weighted by Gasteiger charge is 2.19. The molecule has 0 saturated carbocycles. The summed E-state index contributed by atoms with van der Waals surface area (Å²) in [4.78, 5) is 20.1. The van der Waals surface area contributed by atoms with Crippen LogP contribution in [0, 0.1) is 0 Å². The second kappa shape index (κ2) is 12.3. The summed E-state index contributed by atoms with van der Waals surface area (Å²) in [6, 6.07) is 60.0. The molecule has 3 aromatic heterocycles. The average molecular weight is 668 g/mol. The molecule has 6 nitrogen and oxygen atoms in total. The predicted molar refractivity (Wildman–Crippen MR) is 209 cm³/mol. The Morgan fingerprint density at radius 3 is 1.73 bits per heavy atom. The first-order valence-electron chi connectivity index (χ1n) is 17.2. The van der Waals surface area contributed by atoms with Gasteiger partial charge in [-0.2, -0.15) is 0 Å². The van der Waals surface area contributed by atoms with Gasteiger partial charge in [0.2, 0.25) is 5.89 Å². The molecule has 0 saturated heterocycles. The summed E-state index contributed by atoms with van der Waals surface area (Å²) in [6.45, 7) is 0. The van der Waals surface area contributed by atoms with E-state index in [0.717, 1.165) is 66.4 Å². The van der Waals surface area contributed by atoms with Gasteiger partial charge in [0.15, 0.2) is 23.1 Å². The SMILES string of the molecule is c1ccc(-c2ccc(-c3nc(-c4ccc5c(c4)c4ccccc4n5-c4ccccc4)nc(-c4cccc5nc(-c6ccccc6)oc45)n3)cc2)cc1. The van der Waals surface area contributed by atoms with E-state index < -0.39 is 0 Å². The second-order valence-electron chi connectivity index (χ2n) is 12.7. The van der Waals surface area contributed by atoms with Gasteiger partial charge in [0.05, 0.1) is 16.6 Å². The third-order valence-corrected chi connectivity index (χ3v) is 9.51. The van der Waals surface area contributed by atoms with Crippen LogP contribution in [0.2, 0.25) is 0 Å². The summed E-state index contributed by atoms with van der Waals surface area (Å²) in [6.07, 6.45) is 0. The Kier molecular flexibility index (Phi) is 7.03. The van der Waals surface area contributed by atoms with Crippen LogP contribution in [0.3, 0.4) is 0 Å². The lowest BCUT2D eigenvalue weighted by Crippen LogP contribution is -2.00. The van der Waals surface area contributed by atoms with Gasteiger partial charge in [-0.05, 0) is 71.8 Å². The molecule has 10 rings (SSSR count). The van der Waals surface area contributed by atoms with E-state index in [9.17, 15) is 0 Å². The average Bonchev–Trinajstić information content (AvgIpc) is 3.81. The van der Waals surface area contributed by atoms with Crippen molar-refractivity contribution >= 4 is 32.9 Å². The third-order valence-electron chi connectivity index (χ3n) is 9.51. The van der Waals surface area contributed by atoms with Gasteiger partial charge >= 0.3 is 0 Å². The summed E-state index contributed by atoms with van der Waals surface area (Å²) >= 11 is 0. The Bertz CT molecular complexity index is 2880. The fourth-order valence-electron chi connectivity index (χ4n) is 6.99. The molecular formula is C46H29N5O. The van der Waals surface area contributed by atoms with Crippen molar-refractivity contribution in [3.05, 3.63) is 176 Å². The normalized spacial score (nSPS) is 11.5. The van der Waals surface area contributed by atoms with Crippen LogP contribution in [-0.4, -0.2) is 24.5 Å². The lowest BCUT2D eigenvalue weighted by atomic mass is 10.0. The van der Waals surface area contributed by atoms with Crippen LogP contribution in [0.15, 0.2) is 180 Å². The van der Waals surface area contributed by atoms with Crippen molar-refractivity contribution in [1.82, 2.24) is 24.5 Å². The van der Waals surface area contributed by atoms with Crippen molar-refractivity contribution in [1.29, 1.82) is 0 Å². The van der Waals surface area contributed by atoms with Gasteiger partial charge in [-0.3, -0.25) is 0 Å². The number of hydrogen-bond acceptors (Lipinski definition) is 5. The minimum absolute atomic E-state index is 0.514. The number of oxazole rings is 1. The van der Waals surface area contributed by atoms with E-state index in [2.05, 4.69) is 120 Å². The number of para-hydroxylation sites is 3. The summed E-state index contributed by atoms with van der Waals surface area (Å²) < 4.78 is 8.74. The zero-order valence-electron chi connectivity index (χ0n) is 27.9. The van der Waals surface area contributed by atoms with Crippen LogP contribution >= 0.6 is 0 Å². The third kappa shape index (κ3) is 5.13. The van der Waals surface area contributed by atoms with Crippen molar-refractivity contribution in [2.75, 3.05) is 0 Å². The van der Waals surface area contributed by atoms with Crippen LogP contribution in [-0.2, 0) is 0 Å². The molecule has 52 heavy (non-hydrogen) atoms. The summed E-state index contributed by atoms with van der Waals surface area (Å²) in [5.74, 6) is 2.21. The summed E-state index contributed by atoms with van der Waals surface area (Å²) in [5.41, 5.74) is 10.4. The van der Waals surface area contributed by atoms with E-state index in [4.69, 9.17) is 24.4 Å². The lowest BCUT2D eigenvalue weighted by molar-refractivity contribution is 0.620. The first-order chi connectivity index (χ1) is 25.8. The maximum absolute atomic E-state index is 6.43. The smallest absolute Gasteiger partial charge is 0.227 e. The molecule has 0 radical (unpaired) electrons. The molecular weight excluding hydrogens is 639 g/mol. The van der Waals surface area contributed by atoms with Crippen molar-refractivity contribution in [3.63, 3.8) is 0 Å². The van der Waals surface area contributed by atoms with Crippen molar-refractivity contribution in [2.45, 2.75) is 0 Å². The van der Waals surface area contributed by atoms with E-state index >= 15 is 0 Å². The number of nitrogens with zero attached hydrogens (tertiary/aromatic N) is 5. The Morgan fingerprint density at radius 2 is 0.962 bits per heavy atom. The number of rotatable bonds is 6. The summed E-state index contributed by atoms with van der Waals surface area (Å²) in [7, 11) is 0. The van der Waals surface area contributed by atoms with Crippen molar-refractivity contribution in [2.24, 2.45) is 0 Å². The molecule has 0 aliphatic heterocycles. The van der Waals surface area contributed by atoms with Crippen LogP contribution in [0.1, 0.15) is 0 Å². The molecule has 244 valence electrons. The van der Waals surface area contributed by atoms with E-state index in [0.29, 0.717) is 28.9 Å². The highest BCUT2D eigenvalue weighted by atomic mass is 16.3. The highest BCUT2D eigenvalue weighted by Crippen LogP contribution is 2.36. The van der Waals surface area contributed by atoms with E-state index in [-0.39, 0.29) is 0 Å². The monoisotopic (exact) mass is 667 g/mol. The zero-order chi connectivity index (χ0) is 34.4. The molecule has 0 aliphatic rings. The van der Waals surface area contributed by atoms with E-state index in [1.165, 1.54) is 0 Å². The lowest BCUT2D eigenvalue weighted by Gasteiger charge is -2.10. The number of fused-ring (bicyclic) bond motifs is 4. The number of benzene rings is 7. The molecule has 6 heteroatoms. The minimum Gasteiger partial charge on any atom is -0.435 e. The van der Waals surface area contributed by atoms with E-state index in [1.807, 2.05) is 60.7 Å². The standard InChI is InChI=1S/C46H29N5O/c1-4-13-30(14-5-1)31-23-25-32(26-24-31)43-48-44(50-45(49-43)37-20-12-21-39-42(37)52-46(47-39)33-15-6-2-7-16-33)34-27-28-41-38(29-34)36-19-10-11-22-40(36)51(41)35-17-8-3-9-18-35/h1-29H. The van der Waals surface area contributed by atoms with E-state index in [1.54, 1.807) is 0 Å². The first kappa shape index (κ1) is 29.7. The Morgan fingerprint density at radius 1 is 0.385 bits per heavy atom. The molecule has 0 bridgehead atoms. The minimum atomic E-state index is 0.514. The van der Waals surface area contributed by atoms with Gasteiger partial charge in [0.25, 0.3) is 0 Å². The van der Waals surface area contributed by atoms with Gasteiger partial charge in [-0.1, -0.05) is 115 Å². The molecule has 0 aliphatic carbocycles. The van der Waals surface area contributed by atoms with Gasteiger partial charge in [-0.25, -0.2) is 19.9 Å². The molecule has 0 unspecified atom stereocenters. The molecule has 7 aromatic carbocycles. The van der Waals surface area contributed by atoms with Gasteiger partial charge < -0.3 is 8.98 Å². The summed E-state index contributed by atoms with van der Waals surface area (Å²) in [5, 5.41) is 2.28. The predicted octanol–water partition coefficient (Wildman–Crippen LogP) is 11.4. The maximum atomic E-state index is 6.43. The van der Waals surface area contributed by atoms with Gasteiger partial charge in [0, 0.05) is 33.2 Å². The molecule has 0 N–H and O–H groups in total. The van der Waals surface area contributed by atoms with Crippen LogP contribution in [0.5, 0.6) is 0 Å². The van der Waals surface area contributed by atoms with Crippen molar-refractivity contribution < 1.29 is 4.42 Å². The quantitative estimate of drug-likeness (QED) is 0.176. The second-order valence-corrected chi connectivity index (χ2v) is 12.7. The zero-order valence-corrected chi connectivity index (χ0v) is 27.9. The molecule has 10 aromatic rings. The number of hydrogen-bond donors (Lipinski definition) is 0. The number of aromatic nitrogens is 5. The topological polar surface area (TPSA) is 69.6 Å². The largest absolute Gasteiger partial charge is 0.435 e. The Labute approximate surface area is 299 Å². The van der Waals surface area contributed by atoms with Crippen LogP contribution in [0.25, 0.3) is 95.3 Å². The molecule has 0 fully saturated rings. The molecule has 0 atom stereocenters. The first-order valence-corrected chi connectivity index (χ1v) is 17.2. The molecule has 0 amide bonds. The molecule has 3 heterocycles. The molecule has 0 spiro atoms. The van der Waals surface area contributed by atoms with Gasteiger partial charge in [-0.15, -0.1) is 0 Å². The van der Waals surface area contributed by atoms with Gasteiger partial charge in [0.1, 0.15) is 5.52 Å². The fourth-order valence-corrected chi connectivity index (χ4v) is 6.99. The van der Waals surface area contributed by atoms with Crippen LogP contribution in [0.4, 0.5) is 0 Å². The highest BCUT2D eigenvalue weighted by molar-refractivity contribution is 6.10. The fraction of sp³-hybridized carbons (Fsp3) is 0. The maximum Gasteiger partial charge on any atom is 0.227 e. The van der Waals surface area contributed by atoms with Crippen LogP contribution < -0.4 is 0 Å². The Balaban J connectivity index is 1.16. The Hall–Kier alpha value is -7.18. The van der Waals surface area contributed by atoms with Crippen molar-refractivity contribution in [3.8, 4) is 62.4 Å².